The molecule has 54 heavy (non-hydrogen) atoms. The fraction of sp³-hybridized carbons (Fsp3) is 0. The van der Waals surface area contributed by atoms with Gasteiger partial charge in [-0.1, -0.05) is 72.8 Å². The maximum absolute atomic E-state index is 5.80. The number of para-hydroxylation sites is 6. The Morgan fingerprint density at radius 3 is 0.556 bits per heavy atom. The lowest BCUT2D eigenvalue weighted by atomic mass is 10.3. The molecule has 0 fully saturated rings. The van der Waals surface area contributed by atoms with E-state index in [9.17, 15) is 0 Å². The number of rotatable bonds is 12. The van der Waals surface area contributed by atoms with Gasteiger partial charge in [-0.2, -0.15) is 13.5 Å². The van der Waals surface area contributed by atoms with Crippen molar-refractivity contribution >= 4 is 152 Å². The Morgan fingerprint density at radius 2 is 0.407 bits per heavy atom. The molecule has 0 bridgehead atoms. The highest BCUT2D eigenvalue weighted by molar-refractivity contribution is 9.11. The van der Waals surface area contributed by atoms with Crippen LogP contribution in [0.5, 0.6) is 0 Å². The first-order valence-electron chi connectivity index (χ1n) is 16.1. The van der Waals surface area contributed by atoms with Gasteiger partial charge in [0.1, 0.15) is 0 Å². The minimum absolute atomic E-state index is 0.805. The van der Waals surface area contributed by atoms with E-state index in [2.05, 4.69) is 126 Å². The number of nitrogens with zero attached hydrogens (tertiary/aromatic N) is 3. The minimum Gasteiger partial charge on any atom is -0.317 e. The first-order chi connectivity index (χ1) is 26.1. The van der Waals surface area contributed by atoms with E-state index in [0.717, 1.165) is 61.0 Å². The van der Waals surface area contributed by atoms with Crippen LogP contribution in [0.25, 0.3) is 0 Å². The Bertz CT molecular complexity index is 2070. The summed E-state index contributed by atoms with van der Waals surface area (Å²) in [5, 5.41) is 23.0. The molecule has 9 nitrogen and oxygen atoms in total. The zero-order chi connectivity index (χ0) is 37.8. The van der Waals surface area contributed by atoms with Crippen LogP contribution < -0.4 is 30.5 Å². The Hall–Kier alpha value is -2.31. The number of hydrogen-bond acceptors (Lipinski definition) is 9. The molecule has 1 heterocycles. The van der Waals surface area contributed by atoms with Crippen LogP contribution in [0.2, 0.25) is 0 Å². The number of benzene rings is 6. The number of halogens is 6. The molecular formula is C36H30Br6N9P3. The SMILES string of the molecule is Brc1ccccc1NP1(Nc2ccccc2Br)=NP(Nc2ccccc2Br)(Nc2ccccc2Br)=NP(Nc2ccccc2Br)(Nc2ccccc2Br)=N1. The van der Waals surface area contributed by atoms with Crippen molar-refractivity contribution in [3.8, 4) is 0 Å². The van der Waals surface area contributed by atoms with E-state index in [1.807, 2.05) is 146 Å². The normalized spacial score (nSPS) is 15.0. The van der Waals surface area contributed by atoms with Gasteiger partial charge in [0.05, 0.1) is 34.1 Å². The summed E-state index contributed by atoms with van der Waals surface area (Å²) >= 11 is 22.8. The predicted octanol–water partition coefficient (Wildman–Crippen LogP) is 17.1. The van der Waals surface area contributed by atoms with E-state index in [-0.39, 0.29) is 0 Å². The van der Waals surface area contributed by atoms with E-state index >= 15 is 0 Å². The molecular weight excluding hydrogens is 1130 g/mol. The molecule has 276 valence electrons. The summed E-state index contributed by atoms with van der Waals surface area (Å²) in [6, 6.07) is 47.8. The third-order valence-corrected chi connectivity index (χ3v) is 21.4. The monoisotopic (exact) mass is 1150 g/mol. The van der Waals surface area contributed by atoms with Gasteiger partial charge >= 0.3 is 0 Å². The highest BCUT2D eigenvalue weighted by atomic mass is 79.9. The van der Waals surface area contributed by atoms with Crippen LogP contribution in [-0.4, -0.2) is 0 Å². The van der Waals surface area contributed by atoms with Crippen LogP contribution in [0.1, 0.15) is 0 Å². The standard InChI is InChI=1S/C36H30Br6N9P3/c37-25-13-1-7-19-31(25)43-52(44-32-20-8-2-14-26(32)38)49-53(45-33-21-9-3-15-27(33)39,46-34-22-10-4-16-28(34)40)51-54(50-52,47-35-23-11-5-17-29(35)41)48-36-24-12-6-18-30(36)42/h1-24,43-48H. The predicted molar refractivity (Wildman–Crippen MR) is 255 cm³/mol. The Labute approximate surface area is 365 Å². The van der Waals surface area contributed by atoms with Crippen LogP contribution in [-0.2, 0) is 0 Å². The molecule has 1 aliphatic rings. The quantitative estimate of drug-likeness (QED) is 0.0682. The lowest BCUT2D eigenvalue weighted by Gasteiger charge is -2.39. The van der Waals surface area contributed by atoms with Crippen LogP contribution in [0.3, 0.4) is 0 Å². The fourth-order valence-corrected chi connectivity index (χ4v) is 19.9. The first-order valence-corrected chi connectivity index (χ1v) is 26.0. The summed E-state index contributed by atoms with van der Waals surface area (Å²) in [5.41, 5.74) is 4.83. The third kappa shape index (κ3) is 9.44. The van der Waals surface area contributed by atoms with E-state index in [4.69, 9.17) is 13.5 Å². The lowest BCUT2D eigenvalue weighted by Crippen LogP contribution is -2.17. The van der Waals surface area contributed by atoms with Gasteiger partial charge in [0.2, 0.25) is 0 Å². The largest absolute Gasteiger partial charge is 0.317 e. The summed E-state index contributed by atoms with van der Waals surface area (Å²) in [6.45, 7) is 0. The van der Waals surface area contributed by atoms with Crippen molar-refractivity contribution in [2.75, 3.05) is 30.5 Å². The van der Waals surface area contributed by atoms with Gasteiger partial charge in [-0.05, 0) is 168 Å². The Kier molecular flexibility index (Phi) is 12.9. The fourth-order valence-electron chi connectivity index (χ4n) is 5.29. The average Bonchev–Trinajstić information content (AvgIpc) is 3.14. The van der Waals surface area contributed by atoms with Crippen LogP contribution >= 0.6 is 118 Å². The molecule has 0 atom stereocenters. The van der Waals surface area contributed by atoms with Crippen LogP contribution in [0.15, 0.2) is 186 Å². The molecule has 0 aliphatic carbocycles. The second kappa shape index (κ2) is 17.5. The van der Waals surface area contributed by atoms with Crippen molar-refractivity contribution in [2.24, 2.45) is 13.5 Å². The van der Waals surface area contributed by atoms with E-state index in [1.54, 1.807) is 0 Å². The van der Waals surface area contributed by atoms with Gasteiger partial charge in [-0.25, -0.2) is 0 Å². The molecule has 6 aromatic rings. The van der Waals surface area contributed by atoms with Gasteiger partial charge in [-0.15, -0.1) is 0 Å². The smallest absolute Gasteiger partial charge is 0.268 e. The second-order valence-corrected chi connectivity index (χ2v) is 23.8. The Morgan fingerprint density at radius 1 is 0.259 bits per heavy atom. The zero-order valence-electron chi connectivity index (χ0n) is 27.8. The molecule has 0 amide bonds. The van der Waals surface area contributed by atoms with Crippen molar-refractivity contribution in [1.82, 2.24) is 0 Å². The first kappa shape index (κ1) is 39.9. The molecule has 0 saturated carbocycles. The van der Waals surface area contributed by atoms with Crippen molar-refractivity contribution in [3.63, 3.8) is 0 Å². The highest BCUT2D eigenvalue weighted by Gasteiger charge is 2.40. The lowest BCUT2D eigenvalue weighted by molar-refractivity contribution is 1.47. The molecule has 0 unspecified atom stereocenters. The highest BCUT2D eigenvalue weighted by Crippen LogP contribution is 2.77. The number of nitrogens with one attached hydrogen (secondary N) is 6. The Balaban J connectivity index is 1.63. The molecule has 0 aromatic heterocycles. The van der Waals surface area contributed by atoms with Gasteiger partial charge in [0.15, 0.2) is 0 Å². The summed E-state index contributed by atoms with van der Waals surface area (Å²) in [5.74, 6) is 0. The molecule has 0 spiro atoms. The number of hydrogen-bond donors (Lipinski definition) is 6. The van der Waals surface area contributed by atoms with Gasteiger partial charge in [0, 0.05) is 26.8 Å². The molecule has 18 heteroatoms. The molecule has 1 aliphatic heterocycles. The van der Waals surface area contributed by atoms with Crippen LogP contribution in [0, 0.1) is 0 Å². The van der Waals surface area contributed by atoms with Gasteiger partial charge in [-0.3, -0.25) is 0 Å². The van der Waals surface area contributed by atoms with Gasteiger partial charge < -0.3 is 30.5 Å². The molecule has 0 saturated heterocycles. The van der Waals surface area contributed by atoms with E-state index in [1.165, 1.54) is 0 Å². The van der Waals surface area contributed by atoms with E-state index < -0.39 is 22.5 Å². The maximum atomic E-state index is 5.80. The average molecular weight is 1160 g/mol. The molecule has 7 rings (SSSR count). The zero-order valence-corrected chi connectivity index (χ0v) is 40.0. The van der Waals surface area contributed by atoms with Crippen molar-refractivity contribution in [1.29, 1.82) is 0 Å². The third-order valence-electron chi connectivity index (χ3n) is 7.68. The van der Waals surface area contributed by atoms with Crippen molar-refractivity contribution in [2.45, 2.75) is 0 Å². The van der Waals surface area contributed by atoms with E-state index in [0.29, 0.717) is 0 Å². The topological polar surface area (TPSA) is 109 Å². The summed E-state index contributed by atoms with van der Waals surface area (Å²) in [7, 11) is -10.1. The maximum Gasteiger partial charge on any atom is 0.268 e. The van der Waals surface area contributed by atoms with Crippen molar-refractivity contribution < 1.29 is 0 Å². The van der Waals surface area contributed by atoms with Crippen molar-refractivity contribution in [3.05, 3.63) is 172 Å². The summed E-state index contributed by atoms with van der Waals surface area (Å²) < 4.78 is 22.5. The molecule has 6 N–H and O–H groups in total. The van der Waals surface area contributed by atoms with Gasteiger partial charge in [0.25, 0.3) is 22.5 Å². The summed E-state index contributed by atoms with van der Waals surface area (Å²) in [4.78, 5) is 0. The minimum atomic E-state index is -3.36. The summed E-state index contributed by atoms with van der Waals surface area (Å²) in [6.07, 6.45) is 0. The molecule has 6 aromatic carbocycles. The number of anilines is 6. The van der Waals surface area contributed by atoms with Crippen LogP contribution in [0.4, 0.5) is 34.1 Å². The molecule has 0 radical (unpaired) electrons. The second-order valence-electron chi connectivity index (χ2n) is 11.6.